The molecular formula is C12H16N4OS. The van der Waals surface area contributed by atoms with Crippen LogP contribution in [-0.2, 0) is 11.2 Å². The van der Waals surface area contributed by atoms with Crippen LogP contribution in [0.15, 0.2) is 18.5 Å². The van der Waals surface area contributed by atoms with Crippen LogP contribution in [0.5, 0.6) is 0 Å². The summed E-state index contributed by atoms with van der Waals surface area (Å²) in [6, 6.07) is 4.22. The summed E-state index contributed by atoms with van der Waals surface area (Å²) in [7, 11) is 0. The number of aryl methyl sites for hydroxylation is 1. The zero-order valence-electron chi connectivity index (χ0n) is 10.7. The molecule has 0 aliphatic carbocycles. The summed E-state index contributed by atoms with van der Waals surface area (Å²) in [5.41, 5.74) is 0. The molecule has 0 saturated carbocycles. The van der Waals surface area contributed by atoms with Crippen molar-refractivity contribution < 1.29 is 4.79 Å². The average Bonchev–Trinajstić information content (AvgIpc) is 2.88. The van der Waals surface area contributed by atoms with Crippen LogP contribution in [-0.4, -0.2) is 20.7 Å². The van der Waals surface area contributed by atoms with Crippen molar-refractivity contribution in [3.8, 4) is 0 Å². The summed E-state index contributed by atoms with van der Waals surface area (Å²) < 4.78 is 1.71. The third-order valence-electron chi connectivity index (χ3n) is 2.42. The standard InChI is InChI=1S/C12H16N4OS/c1-8(2)16-7-13-12(15-16)14-11(17)6-10-5-4-9(3)18-10/h4-5,7-8H,6H2,1-3H3,(H,14,15,17). The van der Waals surface area contributed by atoms with Crippen molar-refractivity contribution in [3.05, 3.63) is 28.2 Å². The van der Waals surface area contributed by atoms with E-state index in [0.29, 0.717) is 12.4 Å². The summed E-state index contributed by atoms with van der Waals surface area (Å²) in [4.78, 5) is 18.1. The SMILES string of the molecule is Cc1ccc(CC(=O)Nc2ncn(C(C)C)n2)s1. The number of carbonyl (C=O) groups excluding carboxylic acids is 1. The van der Waals surface area contributed by atoms with Crippen LogP contribution in [0, 0.1) is 6.92 Å². The average molecular weight is 264 g/mol. The quantitative estimate of drug-likeness (QED) is 0.922. The number of rotatable bonds is 4. The highest BCUT2D eigenvalue weighted by molar-refractivity contribution is 7.12. The monoisotopic (exact) mass is 264 g/mol. The van der Waals surface area contributed by atoms with Crippen LogP contribution in [0.1, 0.15) is 29.6 Å². The molecule has 0 atom stereocenters. The summed E-state index contributed by atoms with van der Waals surface area (Å²) in [5, 5.41) is 6.87. The van der Waals surface area contributed by atoms with Gasteiger partial charge in [-0.3, -0.25) is 10.1 Å². The molecule has 5 nitrogen and oxygen atoms in total. The molecule has 2 aromatic rings. The second kappa shape index (κ2) is 5.30. The minimum absolute atomic E-state index is 0.0849. The largest absolute Gasteiger partial charge is 0.293 e. The van der Waals surface area contributed by atoms with E-state index >= 15 is 0 Å². The number of nitrogens with zero attached hydrogens (tertiary/aromatic N) is 3. The van der Waals surface area contributed by atoms with Crippen molar-refractivity contribution >= 4 is 23.2 Å². The molecule has 6 heteroatoms. The first-order valence-electron chi connectivity index (χ1n) is 5.81. The van der Waals surface area contributed by atoms with Crippen molar-refractivity contribution in [3.63, 3.8) is 0 Å². The van der Waals surface area contributed by atoms with Crippen molar-refractivity contribution in [1.82, 2.24) is 14.8 Å². The van der Waals surface area contributed by atoms with E-state index in [1.807, 2.05) is 32.9 Å². The lowest BCUT2D eigenvalue weighted by Crippen LogP contribution is -2.15. The molecule has 2 heterocycles. The predicted molar refractivity (Wildman–Crippen MR) is 71.8 cm³/mol. The molecule has 2 aromatic heterocycles. The van der Waals surface area contributed by atoms with Gasteiger partial charge in [-0.1, -0.05) is 0 Å². The second-order valence-electron chi connectivity index (χ2n) is 4.38. The van der Waals surface area contributed by atoms with Gasteiger partial charge in [0.2, 0.25) is 11.9 Å². The van der Waals surface area contributed by atoms with Crippen LogP contribution < -0.4 is 5.32 Å². The molecule has 0 fully saturated rings. The first kappa shape index (κ1) is 12.8. The van der Waals surface area contributed by atoms with Crippen molar-refractivity contribution in [1.29, 1.82) is 0 Å². The van der Waals surface area contributed by atoms with Crippen LogP contribution in [0.2, 0.25) is 0 Å². The maximum atomic E-state index is 11.8. The number of carbonyl (C=O) groups is 1. The lowest BCUT2D eigenvalue weighted by molar-refractivity contribution is -0.115. The summed E-state index contributed by atoms with van der Waals surface area (Å²) in [5.74, 6) is 0.278. The van der Waals surface area contributed by atoms with E-state index < -0.39 is 0 Å². The van der Waals surface area contributed by atoms with Crippen molar-refractivity contribution in [2.24, 2.45) is 0 Å². The molecule has 0 aliphatic rings. The molecule has 18 heavy (non-hydrogen) atoms. The molecule has 2 rings (SSSR count). The lowest BCUT2D eigenvalue weighted by atomic mass is 10.3. The van der Waals surface area contributed by atoms with Crippen molar-refractivity contribution in [2.45, 2.75) is 33.2 Å². The molecule has 0 bridgehead atoms. The molecule has 96 valence electrons. The Morgan fingerprint density at radius 1 is 1.50 bits per heavy atom. The Hall–Kier alpha value is -1.69. The summed E-state index contributed by atoms with van der Waals surface area (Å²) in [6.45, 7) is 6.04. The fraction of sp³-hybridized carbons (Fsp3) is 0.417. The fourth-order valence-corrected chi connectivity index (χ4v) is 2.38. The Bertz CT molecular complexity index is 544. The van der Waals surface area contributed by atoms with Crippen LogP contribution in [0.4, 0.5) is 5.95 Å². The maximum absolute atomic E-state index is 11.8. The number of thiophene rings is 1. The smallest absolute Gasteiger partial charge is 0.248 e. The number of hydrogen-bond donors (Lipinski definition) is 1. The van der Waals surface area contributed by atoms with Gasteiger partial charge in [0.15, 0.2) is 0 Å². The molecule has 0 aromatic carbocycles. The van der Waals surface area contributed by atoms with Gasteiger partial charge in [0, 0.05) is 15.8 Å². The van der Waals surface area contributed by atoms with Gasteiger partial charge in [0.25, 0.3) is 0 Å². The molecular weight excluding hydrogens is 248 g/mol. The Morgan fingerprint density at radius 3 is 2.83 bits per heavy atom. The minimum atomic E-state index is -0.0849. The van der Waals surface area contributed by atoms with E-state index in [1.165, 1.54) is 4.88 Å². The maximum Gasteiger partial charge on any atom is 0.248 e. The predicted octanol–water partition coefficient (Wildman–Crippen LogP) is 2.41. The Balaban J connectivity index is 1.94. The van der Waals surface area contributed by atoms with Gasteiger partial charge in [0.1, 0.15) is 6.33 Å². The molecule has 1 N–H and O–H groups in total. The highest BCUT2D eigenvalue weighted by atomic mass is 32.1. The zero-order chi connectivity index (χ0) is 13.1. The van der Waals surface area contributed by atoms with E-state index in [2.05, 4.69) is 15.4 Å². The molecule has 0 unspecified atom stereocenters. The number of anilines is 1. The number of amides is 1. The lowest BCUT2D eigenvalue weighted by Gasteiger charge is -2.02. The fourth-order valence-electron chi connectivity index (χ4n) is 1.49. The number of nitrogens with one attached hydrogen (secondary N) is 1. The Kier molecular flexibility index (Phi) is 3.76. The van der Waals surface area contributed by atoms with Crippen LogP contribution in [0.3, 0.4) is 0 Å². The van der Waals surface area contributed by atoms with Gasteiger partial charge in [-0.2, -0.15) is 0 Å². The van der Waals surface area contributed by atoms with E-state index in [0.717, 1.165) is 4.88 Å². The topological polar surface area (TPSA) is 59.8 Å². The second-order valence-corrected chi connectivity index (χ2v) is 5.75. The Labute approximate surface area is 110 Å². The van der Waals surface area contributed by atoms with Gasteiger partial charge < -0.3 is 0 Å². The third kappa shape index (κ3) is 3.16. The number of aromatic nitrogens is 3. The normalized spacial score (nSPS) is 10.9. The van der Waals surface area contributed by atoms with E-state index in [9.17, 15) is 4.79 Å². The zero-order valence-corrected chi connectivity index (χ0v) is 11.5. The summed E-state index contributed by atoms with van der Waals surface area (Å²) in [6.07, 6.45) is 1.99. The molecule has 0 radical (unpaired) electrons. The van der Waals surface area contributed by atoms with Gasteiger partial charge in [-0.15, -0.1) is 16.4 Å². The van der Waals surface area contributed by atoms with Gasteiger partial charge in [-0.25, -0.2) is 9.67 Å². The van der Waals surface area contributed by atoms with Crippen LogP contribution >= 0.6 is 11.3 Å². The first-order valence-corrected chi connectivity index (χ1v) is 6.62. The molecule has 0 spiro atoms. The van der Waals surface area contributed by atoms with E-state index in [1.54, 1.807) is 22.3 Å². The van der Waals surface area contributed by atoms with E-state index in [4.69, 9.17) is 0 Å². The molecule has 0 aliphatic heterocycles. The summed E-state index contributed by atoms with van der Waals surface area (Å²) >= 11 is 1.63. The Morgan fingerprint density at radius 2 is 2.28 bits per heavy atom. The molecule has 0 saturated heterocycles. The van der Waals surface area contributed by atoms with Gasteiger partial charge in [-0.05, 0) is 32.9 Å². The van der Waals surface area contributed by atoms with Crippen LogP contribution in [0.25, 0.3) is 0 Å². The van der Waals surface area contributed by atoms with Gasteiger partial charge >= 0.3 is 0 Å². The van der Waals surface area contributed by atoms with Crippen molar-refractivity contribution in [2.75, 3.05) is 5.32 Å². The van der Waals surface area contributed by atoms with Gasteiger partial charge in [0.05, 0.1) is 6.42 Å². The first-order chi connectivity index (χ1) is 8.54. The minimum Gasteiger partial charge on any atom is -0.293 e. The molecule has 1 amide bonds. The third-order valence-corrected chi connectivity index (χ3v) is 3.42. The highest BCUT2D eigenvalue weighted by Gasteiger charge is 2.09. The highest BCUT2D eigenvalue weighted by Crippen LogP contribution is 2.16. The number of hydrogen-bond acceptors (Lipinski definition) is 4. The van der Waals surface area contributed by atoms with E-state index in [-0.39, 0.29) is 11.9 Å².